The van der Waals surface area contributed by atoms with E-state index >= 15 is 0 Å². The average Bonchev–Trinajstić information content (AvgIpc) is 2.47. The molecule has 0 radical (unpaired) electrons. The summed E-state index contributed by atoms with van der Waals surface area (Å²) < 4.78 is 6.06. The maximum absolute atomic E-state index is 6.06. The number of nitrogens with one attached hydrogen (secondary N) is 1. The molecular formula is C18H37NO. The van der Waals surface area contributed by atoms with E-state index in [4.69, 9.17) is 4.74 Å². The Hall–Kier alpha value is -0.0800. The summed E-state index contributed by atoms with van der Waals surface area (Å²) >= 11 is 0. The lowest BCUT2D eigenvalue weighted by Crippen LogP contribution is -2.53. The van der Waals surface area contributed by atoms with Crippen LogP contribution in [0.5, 0.6) is 0 Å². The zero-order valence-corrected chi connectivity index (χ0v) is 14.3. The maximum Gasteiger partial charge on any atom is 0.0831 e. The summed E-state index contributed by atoms with van der Waals surface area (Å²) in [6.45, 7) is 7.94. The van der Waals surface area contributed by atoms with Gasteiger partial charge in [0.15, 0.2) is 0 Å². The molecule has 120 valence electrons. The van der Waals surface area contributed by atoms with Gasteiger partial charge in [-0.3, -0.25) is 0 Å². The summed E-state index contributed by atoms with van der Waals surface area (Å²) in [4.78, 5) is 0. The lowest BCUT2D eigenvalue weighted by atomic mass is 9.74. The summed E-state index contributed by atoms with van der Waals surface area (Å²) in [5.74, 6) is 0.880. The minimum absolute atomic E-state index is 0.104. The van der Waals surface area contributed by atoms with Crippen molar-refractivity contribution in [3.05, 3.63) is 0 Å². The molecule has 2 heteroatoms. The van der Waals surface area contributed by atoms with E-state index < -0.39 is 0 Å². The van der Waals surface area contributed by atoms with Crippen molar-refractivity contribution >= 4 is 0 Å². The lowest BCUT2D eigenvalue weighted by Gasteiger charge is -2.44. The van der Waals surface area contributed by atoms with Gasteiger partial charge in [-0.05, 0) is 44.6 Å². The molecule has 0 amide bonds. The van der Waals surface area contributed by atoms with E-state index in [1.165, 1.54) is 64.2 Å². The van der Waals surface area contributed by atoms with Gasteiger partial charge in [-0.25, -0.2) is 0 Å². The molecule has 1 unspecified atom stereocenters. The predicted octanol–water partition coefficient (Wildman–Crippen LogP) is 4.92. The third-order valence-electron chi connectivity index (χ3n) is 5.21. The molecule has 2 nitrogen and oxygen atoms in total. The molecule has 1 fully saturated rings. The topological polar surface area (TPSA) is 21.3 Å². The summed E-state index contributed by atoms with van der Waals surface area (Å²) in [7, 11) is 1.93. The zero-order chi connectivity index (χ0) is 14.8. The lowest BCUT2D eigenvalue weighted by molar-refractivity contribution is -0.0765. The van der Waals surface area contributed by atoms with Gasteiger partial charge >= 0.3 is 0 Å². The second-order valence-corrected chi connectivity index (χ2v) is 6.76. The van der Waals surface area contributed by atoms with Crippen LogP contribution in [0, 0.1) is 5.92 Å². The first-order chi connectivity index (χ1) is 9.68. The third kappa shape index (κ3) is 5.37. The number of hydrogen-bond donors (Lipinski definition) is 1. The molecule has 0 bridgehead atoms. The predicted molar refractivity (Wildman–Crippen MR) is 88.2 cm³/mol. The highest BCUT2D eigenvalue weighted by Crippen LogP contribution is 2.38. The summed E-state index contributed by atoms with van der Waals surface area (Å²) in [5.41, 5.74) is 0.104. The van der Waals surface area contributed by atoms with Gasteiger partial charge in [0.05, 0.1) is 5.60 Å². The molecular weight excluding hydrogens is 246 g/mol. The SMILES string of the molecule is CCCCCCCC(NCC)C1(OC)CCC(C)CC1. The smallest absolute Gasteiger partial charge is 0.0831 e. The minimum Gasteiger partial charge on any atom is -0.377 e. The molecule has 1 aliphatic rings. The summed E-state index contributed by atoms with van der Waals surface area (Å²) in [5, 5.41) is 3.72. The van der Waals surface area contributed by atoms with Crippen LogP contribution in [0.15, 0.2) is 0 Å². The van der Waals surface area contributed by atoms with Gasteiger partial charge in [-0.15, -0.1) is 0 Å². The van der Waals surface area contributed by atoms with Crippen molar-refractivity contribution in [2.45, 2.75) is 96.6 Å². The molecule has 0 aromatic rings. The molecule has 20 heavy (non-hydrogen) atoms. The fourth-order valence-electron chi connectivity index (χ4n) is 3.70. The van der Waals surface area contributed by atoms with Crippen LogP contribution in [0.25, 0.3) is 0 Å². The number of ether oxygens (including phenoxy) is 1. The van der Waals surface area contributed by atoms with Crippen molar-refractivity contribution in [1.82, 2.24) is 5.32 Å². The Balaban J connectivity index is 2.48. The van der Waals surface area contributed by atoms with E-state index in [9.17, 15) is 0 Å². The molecule has 0 heterocycles. The normalized spacial score (nSPS) is 28.5. The fourth-order valence-corrected chi connectivity index (χ4v) is 3.70. The molecule has 1 atom stereocenters. The number of likely N-dealkylation sites (N-methyl/N-ethyl adjacent to an activating group) is 1. The molecule has 1 aliphatic carbocycles. The van der Waals surface area contributed by atoms with Gasteiger partial charge in [0.25, 0.3) is 0 Å². The van der Waals surface area contributed by atoms with E-state index in [-0.39, 0.29) is 5.60 Å². The molecule has 1 saturated carbocycles. The third-order valence-corrected chi connectivity index (χ3v) is 5.21. The highest BCUT2D eigenvalue weighted by Gasteiger charge is 2.40. The van der Waals surface area contributed by atoms with Gasteiger partial charge in [-0.2, -0.15) is 0 Å². The first-order valence-corrected chi connectivity index (χ1v) is 8.97. The van der Waals surface area contributed by atoms with Crippen LogP contribution in [0.2, 0.25) is 0 Å². The Morgan fingerprint density at radius 2 is 1.75 bits per heavy atom. The van der Waals surface area contributed by atoms with Gasteiger partial charge in [0, 0.05) is 13.2 Å². The van der Waals surface area contributed by atoms with Gasteiger partial charge in [-0.1, -0.05) is 52.9 Å². The number of methoxy groups -OCH3 is 1. The Bertz CT molecular complexity index is 234. The molecule has 1 N–H and O–H groups in total. The fraction of sp³-hybridized carbons (Fsp3) is 1.00. The number of rotatable bonds is 10. The average molecular weight is 284 g/mol. The standard InChI is InChI=1S/C18H37NO/c1-5-7-8-9-10-11-17(19-6-2)18(20-4)14-12-16(3)13-15-18/h16-17,19H,5-15H2,1-4H3. The Labute approximate surface area is 127 Å². The van der Waals surface area contributed by atoms with Crippen molar-refractivity contribution in [3.63, 3.8) is 0 Å². The Kier molecular flexibility index (Phi) is 8.79. The second-order valence-electron chi connectivity index (χ2n) is 6.76. The Morgan fingerprint density at radius 3 is 2.30 bits per heavy atom. The Morgan fingerprint density at radius 1 is 1.10 bits per heavy atom. The summed E-state index contributed by atoms with van der Waals surface area (Å²) in [6, 6.07) is 0.548. The van der Waals surface area contributed by atoms with Gasteiger partial charge in [0.2, 0.25) is 0 Å². The van der Waals surface area contributed by atoms with Crippen LogP contribution in [-0.4, -0.2) is 25.3 Å². The molecule has 0 aliphatic heterocycles. The van der Waals surface area contributed by atoms with Crippen LogP contribution in [0.4, 0.5) is 0 Å². The van der Waals surface area contributed by atoms with Gasteiger partial charge < -0.3 is 10.1 Å². The van der Waals surface area contributed by atoms with Gasteiger partial charge in [0.1, 0.15) is 0 Å². The first kappa shape index (κ1) is 18.0. The van der Waals surface area contributed by atoms with Crippen LogP contribution in [0.1, 0.15) is 85.0 Å². The van der Waals surface area contributed by atoms with Crippen molar-refractivity contribution in [2.24, 2.45) is 5.92 Å². The zero-order valence-electron chi connectivity index (χ0n) is 14.3. The molecule has 0 spiro atoms. The van der Waals surface area contributed by atoms with Crippen LogP contribution >= 0.6 is 0 Å². The largest absolute Gasteiger partial charge is 0.377 e. The highest BCUT2D eigenvalue weighted by atomic mass is 16.5. The molecule has 0 aromatic carbocycles. The first-order valence-electron chi connectivity index (χ1n) is 8.97. The van der Waals surface area contributed by atoms with E-state index in [0.717, 1.165) is 12.5 Å². The van der Waals surface area contributed by atoms with Crippen molar-refractivity contribution in [1.29, 1.82) is 0 Å². The quantitative estimate of drug-likeness (QED) is 0.575. The second kappa shape index (κ2) is 9.78. The van der Waals surface area contributed by atoms with Crippen LogP contribution in [-0.2, 0) is 4.74 Å². The molecule has 0 aromatic heterocycles. The monoisotopic (exact) mass is 283 g/mol. The minimum atomic E-state index is 0.104. The molecule has 1 rings (SSSR count). The molecule has 0 saturated heterocycles. The van der Waals surface area contributed by atoms with Crippen molar-refractivity contribution in [2.75, 3.05) is 13.7 Å². The van der Waals surface area contributed by atoms with Crippen molar-refractivity contribution in [3.8, 4) is 0 Å². The van der Waals surface area contributed by atoms with Crippen molar-refractivity contribution < 1.29 is 4.74 Å². The van der Waals surface area contributed by atoms with Crippen LogP contribution in [0.3, 0.4) is 0 Å². The van der Waals surface area contributed by atoms with E-state index in [0.29, 0.717) is 6.04 Å². The van der Waals surface area contributed by atoms with E-state index in [1.807, 2.05) is 7.11 Å². The van der Waals surface area contributed by atoms with E-state index in [1.54, 1.807) is 0 Å². The maximum atomic E-state index is 6.06. The highest BCUT2D eigenvalue weighted by molar-refractivity contribution is 4.96. The van der Waals surface area contributed by atoms with E-state index in [2.05, 4.69) is 26.1 Å². The number of hydrogen-bond acceptors (Lipinski definition) is 2. The summed E-state index contributed by atoms with van der Waals surface area (Å²) in [6.07, 6.45) is 13.2. The number of unbranched alkanes of at least 4 members (excludes halogenated alkanes) is 4. The van der Waals surface area contributed by atoms with Crippen LogP contribution < -0.4 is 5.32 Å².